The summed E-state index contributed by atoms with van der Waals surface area (Å²) in [6.07, 6.45) is 0.0930. The number of benzene rings is 1. The third-order valence-corrected chi connectivity index (χ3v) is 5.06. The van der Waals surface area contributed by atoms with Crippen molar-refractivity contribution < 1.29 is 27.9 Å². The predicted molar refractivity (Wildman–Crippen MR) is 95.9 cm³/mol. The molecule has 1 aromatic carbocycles. The Bertz CT molecular complexity index is 814. The van der Waals surface area contributed by atoms with E-state index in [9.17, 15) is 23.2 Å². The van der Waals surface area contributed by atoms with Crippen LogP contribution < -0.4 is 10.1 Å². The van der Waals surface area contributed by atoms with Gasteiger partial charge in [0.1, 0.15) is 11.3 Å². The highest BCUT2D eigenvalue weighted by Crippen LogP contribution is 2.39. The van der Waals surface area contributed by atoms with Crippen LogP contribution in [0.15, 0.2) is 24.3 Å². The van der Waals surface area contributed by atoms with Crippen LogP contribution in [-0.4, -0.2) is 58.9 Å². The minimum atomic E-state index is -3.82. The molecule has 0 aromatic heterocycles. The fraction of sp³-hybridized carbons (Fsp3) is 0.526. The van der Waals surface area contributed by atoms with Crippen LogP contribution in [0.4, 0.5) is 13.6 Å². The Morgan fingerprint density at radius 3 is 2.61 bits per heavy atom. The third-order valence-electron chi connectivity index (χ3n) is 5.06. The van der Waals surface area contributed by atoms with Crippen molar-refractivity contribution in [2.45, 2.75) is 44.7 Å². The monoisotopic (exact) mass is 395 g/mol. The molecule has 2 fully saturated rings. The number of likely N-dealkylation sites (tertiary alicyclic amines) is 1. The molecule has 7 nitrogen and oxygen atoms in total. The molecule has 28 heavy (non-hydrogen) atoms. The lowest BCUT2D eigenvalue weighted by molar-refractivity contribution is -0.158. The zero-order valence-corrected chi connectivity index (χ0v) is 16.0. The number of imide groups is 1. The Hall–Kier alpha value is -2.71. The Balaban J connectivity index is 1.83. The van der Waals surface area contributed by atoms with E-state index in [1.807, 2.05) is 0 Å². The number of urea groups is 1. The number of alkyl halides is 2. The van der Waals surface area contributed by atoms with E-state index in [0.717, 1.165) is 15.9 Å². The van der Waals surface area contributed by atoms with Crippen molar-refractivity contribution >= 4 is 17.8 Å². The molecule has 1 unspecified atom stereocenters. The molecule has 3 rings (SSSR count). The summed E-state index contributed by atoms with van der Waals surface area (Å²) in [7, 11) is 0. The summed E-state index contributed by atoms with van der Waals surface area (Å²) in [4.78, 5) is 39.5. The number of nitrogens with one attached hydrogen (secondary N) is 1. The average molecular weight is 395 g/mol. The molecule has 152 valence electrons. The maximum Gasteiger partial charge on any atom is 0.353 e. The van der Waals surface area contributed by atoms with E-state index in [2.05, 4.69) is 5.32 Å². The molecule has 0 aliphatic carbocycles. The van der Waals surface area contributed by atoms with E-state index >= 15 is 0 Å². The van der Waals surface area contributed by atoms with E-state index in [1.165, 1.54) is 12.1 Å². The first-order valence-electron chi connectivity index (χ1n) is 9.19. The second-order valence-electron chi connectivity index (χ2n) is 7.26. The summed E-state index contributed by atoms with van der Waals surface area (Å²) >= 11 is 0. The smallest absolute Gasteiger partial charge is 0.353 e. The van der Waals surface area contributed by atoms with Crippen molar-refractivity contribution in [3.63, 3.8) is 0 Å². The number of para-hydroxylation sites is 1. The van der Waals surface area contributed by atoms with Crippen LogP contribution in [0.5, 0.6) is 5.75 Å². The highest BCUT2D eigenvalue weighted by molar-refractivity contribution is 6.08. The first-order chi connectivity index (χ1) is 13.1. The molecular formula is C19H23F2N3O4. The van der Waals surface area contributed by atoms with Gasteiger partial charge in [0.2, 0.25) is 0 Å². The third kappa shape index (κ3) is 3.08. The van der Waals surface area contributed by atoms with E-state index in [-0.39, 0.29) is 37.9 Å². The normalized spacial score (nSPS) is 22.4. The topological polar surface area (TPSA) is 79.0 Å². The fourth-order valence-corrected chi connectivity index (χ4v) is 3.69. The molecule has 4 amide bonds. The maximum atomic E-state index is 15.0. The van der Waals surface area contributed by atoms with Gasteiger partial charge in [0.15, 0.2) is 0 Å². The lowest BCUT2D eigenvalue weighted by atomic mass is 9.98. The van der Waals surface area contributed by atoms with Crippen LogP contribution in [-0.2, 0) is 15.5 Å². The van der Waals surface area contributed by atoms with Gasteiger partial charge in [0, 0.05) is 12.6 Å². The Morgan fingerprint density at radius 2 is 2.00 bits per heavy atom. The van der Waals surface area contributed by atoms with E-state index in [1.54, 1.807) is 26.8 Å². The molecular weight excluding hydrogens is 372 g/mol. The number of carbonyl (C=O) groups is 3. The average Bonchev–Trinajstić information content (AvgIpc) is 3.16. The van der Waals surface area contributed by atoms with Crippen molar-refractivity contribution in [2.24, 2.45) is 0 Å². The van der Waals surface area contributed by atoms with Crippen molar-refractivity contribution in [1.29, 1.82) is 0 Å². The molecule has 2 aliphatic heterocycles. The zero-order chi connectivity index (χ0) is 20.7. The number of rotatable bonds is 5. The minimum Gasteiger partial charge on any atom is -0.493 e. The number of amides is 4. The highest BCUT2D eigenvalue weighted by atomic mass is 19.3. The van der Waals surface area contributed by atoms with Gasteiger partial charge in [-0.3, -0.25) is 14.5 Å². The Labute approximate surface area is 161 Å². The maximum absolute atomic E-state index is 15.0. The van der Waals surface area contributed by atoms with Crippen molar-refractivity contribution in [1.82, 2.24) is 15.1 Å². The molecule has 1 spiro atoms. The van der Waals surface area contributed by atoms with Gasteiger partial charge >= 0.3 is 12.0 Å². The first-order valence-corrected chi connectivity index (χ1v) is 9.19. The van der Waals surface area contributed by atoms with Gasteiger partial charge in [-0.05, 0) is 39.3 Å². The Morgan fingerprint density at radius 1 is 1.32 bits per heavy atom. The largest absolute Gasteiger partial charge is 0.493 e. The van der Waals surface area contributed by atoms with Crippen molar-refractivity contribution in [3.8, 4) is 5.75 Å². The van der Waals surface area contributed by atoms with E-state index < -0.39 is 34.9 Å². The van der Waals surface area contributed by atoms with Crippen LogP contribution >= 0.6 is 0 Å². The summed E-state index contributed by atoms with van der Waals surface area (Å²) in [6.45, 7) is 4.88. The summed E-state index contributed by atoms with van der Waals surface area (Å²) in [6, 6.07) is 4.56. The van der Waals surface area contributed by atoms with Crippen LogP contribution in [0.2, 0.25) is 0 Å². The molecule has 2 aliphatic rings. The van der Waals surface area contributed by atoms with Gasteiger partial charge in [-0.2, -0.15) is 8.78 Å². The van der Waals surface area contributed by atoms with E-state index in [4.69, 9.17) is 4.74 Å². The van der Waals surface area contributed by atoms with Gasteiger partial charge in [-0.1, -0.05) is 12.1 Å². The first kappa shape index (κ1) is 20.0. The van der Waals surface area contributed by atoms with Gasteiger partial charge in [0.25, 0.3) is 11.8 Å². The highest BCUT2D eigenvalue weighted by Gasteiger charge is 2.58. The Kier molecular flexibility index (Phi) is 5.03. The molecule has 1 atom stereocenters. The number of halogens is 2. The summed E-state index contributed by atoms with van der Waals surface area (Å²) < 4.78 is 35.2. The molecule has 2 saturated heterocycles. The quantitative estimate of drug-likeness (QED) is 0.775. The fourth-order valence-electron chi connectivity index (χ4n) is 3.69. The molecule has 0 bridgehead atoms. The van der Waals surface area contributed by atoms with Crippen molar-refractivity contribution in [3.05, 3.63) is 29.8 Å². The molecule has 1 N–H and O–H groups in total. The number of carbonyl (C=O) groups excluding carboxylic acids is 3. The van der Waals surface area contributed by atoms with Gasteiger partial charge in [-0.15, -0.1) is 0 Å². The number of nitrogens with zero attached hydrogens (tertiary/aromatic N) is 2. The van der Waals surface area contributed by atoms with Crippen LogP contribution in [0.25, 0.3) is 0 Å². The van der Waals surface area contributed by atoms with Gasteiger partial charge in [0.05, 0.1) is 18.7 Å². The zero-order valence-electron chi connectivity index (χ0n) is 16.0. The summed E-state index contributed by atoms with van der Waals surface area (Å²) in [5.41, 5.74) is -1.86. The summed E-state index contributed by atoms with van der Waals surface area (Å²) in [5.74, 6) is -5.78. The lowest BCUT2D eigenvalue weighted by Crippen LogP contribution is -2.51. The van der Waals surface area contributed by atoms with Gasteiger partial charge < -0.3 is 15.0 Å². The number of ether oxygens (including phenoxy) is 1. The standard InChI is InChI=1S/C19H23F2N3O4/c1-4-28-14-8-6-5-7-13(14)19(20,21)16(26)23-10-9-18(11-23)15(25)24(12(2)3)17(27)22-18/h5-8,12H,4,9-11H2,1-3H3,(H,22,27). The number of hydrogen-bond acceptors (Lipinski definition) is 4. The van der Waals surface area contributed by atoms with Crippen LogP contribution in [0.3, 0.4) is 0 Å². The lowest BCUT2D eigenvalue weighted by Gasteiger charge is -2.26. The molecule has 0 radical (unpaired) electrons. The van der Waals surface area contributed by atoms with E-state index in [0.29, 0.717) is 0 Å². The minimum absolute atomic E-state index is 0.0524. The molecule has 2 heterocycles. The molecule has 9 heteroatoms. The number of hydrogen-bond donors (Lipinski definition) is 1. The van der Waals surface area contributed by atoms with Gasteiger partial charge in [-0.25, -0.2) is 4.79 Å². The van der Waals surface area contributed by atoms with Crippen LogP contribution in [0, 0.1) is 0 Å². The summed E-state index contributed by atoms with van der Waals surface area (Å²) in [5, 5.41) is 2.59. The second-order valence-corrected chi connectivity index (χ2v) is 7.26. The SMILES string of the molecule is CCOc1ccccc1C(F)(F)C(=O)N1CCC2(C1)NC(=O)N(C(C)C)C2=O. The molecule has 1 aromatic rings. The van der Waals surface area contributed by atoms with Crippen molar-refractivity contribution in [2.75, 3.05) is 19.7 Å². The predicted octanol–water partition coefficient (Wildman–Crippen LogP) is 2.11. The molecule has 0 saturated carbocycles. The second kappa shape index (κ2) is 7.03. The van der Waals surface area contributed by atoms with Crippen LogP contribution in [0.1, 0.15) is 32.8 Å².